The van der Waals surface area contributed by atoms with Crippen LogP contribution in [0.5, 0.6) is 5.75 Å². The maximum absolute atomic E-state index is 12.2. The summed E-state index contributed by atoms with van der Waals surface area (Å²) in [7, 11) is 1.54. The van der Waals surface area contributed by atoms with Crippen LogP contribution in [0.1, 0.15) is 18.9 Å². The van der Waals surface area contributed by atoms with Crippen molar-refractivity contribution in [2.24, 2.45) is 0 Å². The molecule has 0 aliphatic rings. The molecule has 0 saturated carbocycles. The standard InChI is InChI=1S/C20H24N2O3/c1-16(23)22(18-12-6-7-13-19(18)25-2)15-20(24)21-14-8-11-17-9-4-3-5-10-17/h3-7,9-10,12-13H,8,11,14-15H2,1-2H3,(H,21,24). The zero-order valence-corrected chi connectivity index (χ0v) is 14.7. The molecule has 0 atom stereocenters. The molecule has 0 unspecified atom stereocenters. The summed E-state index contributed by atoms with van der Waals surface area (Å²) in [6.45, 7) is 1.99. The topological polar surface area (TPSA) is 58.6 Å². The molecule has 0 spiro atoms. The molecule has 1 N–H and O–H groups in total. The van der Waals surface area contributed by atoms with Gasteiger partial charge in [0.25, 0.3) is 0 Å². The van der Waals surface area contributed by atoms with E-state index in [1.54, 1.807) is 19.2 Å². The minimum absolute atomic E-state index is 0.0267. The summed E-state index contributed by atoms with van der Waals surface area (Å²) >= 11 is 0. The fourth-order valence-corrected chi connectivity index (χ4v) is 2.58. The number of aryl methyl sites for hydroxylation is 1. The van der Waals surface area contributed by atoms with E-state index in [1.165, 1.54) is 17.4 Å². The molecule has 0 heterocycles. The highest BCUT2D eigenvalue weighted by atomic mass is 16.5. The molecule has 0 saturated heterocycles. The number of carbonyl (C=O) groups excluding carboxylic acids is 2. The Bertz CT molecular complexity index is 701. The molecule has 2 aromatic rings. The Morgan fingerprint density at radius 3 is 2.40 bits per heavy atom. The van der Waals surface area contributed by atoms with Crippen molar-refractivity contribution in [1.29, 1.82) is 0 Å². The molecular formula is C20H24N2O3. The number of hydrogen-bond donors (Lipinski definition) is 1. The number of rotatable bonds is 8. The van der Waals surface area contributed by atoms with E-state index in [9.17, 15) is 9.59 Å². The third-order valence-electron chi connectivity index (χ3n) is 3.87. The van der Waals surface area contributed by atoms with Gasteiger partial charge >= 0.3 is 0 Å². The third kappa shape index (κ3) is 5.64. The van der Waals surface area contributed by atoms with Gasteiger partial charge < -0.3 is 10.1 Å². The fraction of sp³-hybridized carbons (Fsp3) is 0.300. The zero-order valence-electron chi connectivity index (χ0n) is 14.7. The lowest BCUT2D eigenvalue weighted by molar-refractivity contribution is -0.123. The lowest BCUT2D eigenvalue weighted by Crippen LogP contribution is -2.40. The molecule has 2 aromatic carbocycles. The van der Waals surface area contributed by atoms with Gasteiger partial charge in [0.2, 0.25) is 11.8 Å². The van der Waals surface area contributed by atoms with Gasteiger partial charge in [-0.15, -0.1) is 0 Å². The van der Waals surface area contributed by atoms with Crippen LogP contribution in [-0.2, 0) is 16.0 Å². The third-order valence-corrected chi connectivity index (χ3v) is 3.87. The van der Waals surface area contributed by atoms with Crippen LogP contribution in [0.2, 0.25) is 0 Å². The van der Waals surface area contributed by atoms with Crippen LogP contribution in [0.15, 0.2) is 54.6 Å². The number of methoxy groups -OCH3 is 1. The maximum atomic E-state index is 12.2. The largest absolute Gasteiger partial charge is 0.495 e. The number of para-hydroxylation sites is 2. The molecule has 0 aromatic heterocycles. The highest BCUT2D eigenvalue weighted by Crippen LogP contribution is 2.27. The van der Waals surface area contributed by atoms with Crippen LogP contribution in [0.4, 0.5) is 5.69 Å². The van der Waals surface area contributed by atoms with Crippen molar-refractivity contribution < 1.29 is 14.3 Å². The number of nitrogens with zero attached hydrogens (tertiary/aromatic N) is 1. The van der Waals surface area contributed by atoms with Gasteiger partial charge in [-0.2, -0.15) is 0 Å². The van der Waals surface area contributed by atoms with Gasteiger partial charge in [-0.3, -0.25) is 14.5 Å². The lowest BCUT2D eigenvalue weighted by Gasteiger charge is -2.22. The number of nitrogens with one attached hydrogen (secondary N) is 1. The highest BCUT2D eigenvalue weighted by molar-refractivity contribution is 5.98. The van der Waals surface area contributed by atoms with Crippen LogP contribution in [0, 0.1) is 0 Å². The van der Waals surface area contributed by atoms with E-state index in [0.29, 0.717) is 18.0 Å². The number of carbonyl (C=O) groups is 2. The molecule has 5 heteroatoms. The maximum Gasteiger partial charge on any atom is 0.240 e. The number of hydrogen-bond acceptors (Lipinski definition) is 3. The van der Waals surface area contributed by atoms with Crippen LogP contribution in [-0.4, -0.2) is 32.0 Å². The Balaban J connectivity index is 1.87. The van der Waals surface area contributed by atoms with Gasteiger partial charge in [0.05, 0.1) is 12.8 Å². The van der Waals surface area contributed by atoms with Gasteiger partial charge in [0, 0.05) is 13.5 Å². The van der Waals surface area contributed by atoms with Crippen molar-refractivity contribution in [3.63, 3.8) is 0 Å². The van der Waals surface area contributed by atoms with Crippen molar-refractivity contribution in [3.05, 3.63) is 60.2 Å². The summed E-state index contributed by atoms with van der Waals surface area (Å²) in [5, 5.41) is 2.87. The van der Waals surface area contributed by atoms with E-state index >= 15 is 0 Å². The van der Waals surface area contributed by atoms with E-state index in [-0.39, 0.29) is 18.4 Å². The smallest absolute Gasteiger partial charge is 0.240 e. The molecule has 2 rings (SSSR count). The minimum atomic E-state index is -0.205. The van der Waals surface area contributed by atoms with Crippen LogP contribution in [0.3, 0.4) is 0 Å². The van der Waals surface area contributed by atoms with Gasteiger partial charge in [0.15, 0.2) is 0 Å². The summed E-state index contributed by atoms with van der Waals surface area (Å²) < 4.78 is 5.28. The van der Waals surface area contributed by atoms with E-state index in [1.807, 2.05) is 30.3 Å². The predicted octanol–water partition coefficient (Wildman–Crippen LogP) is 2.80. The van der Waals surface area contributed by atoms with Gasteiger partial charge in [-0.25, -0.2) is 0 Å². The second-order valence-corrected chi connectivity index (χ2v) is 5.72. The van der Waals surface area contributed by atoms with Crippen molar-refractivity contribution in [1.82, 2.24) is 5.32 Å². The molecule has 25 heavy (non-hydrogen) atoms. The van der Waals surface area contributed by atoms with Crippen LogP contribution < -0.4 is 15.0 Å². The van der Waals surface area contributed by atoms with E-state index < -0.39 is 0 Å². The number of ether oxygens (including phenoxy) is 1. The average Bonchev–Trinajstić information content (AvgIpc) is 2.64. The van der Waals surface area contributed by atoms with Gasteiger partial charge in [0.1, 0.15) is 12.3 Å². The molecule has 5 nitrogen and oxygen atoms in total. The van der Waals surface area contributed by atoms with Crippen molar-refractivity contribution in [2.75, 3.05) is 25.1 Å². The molecule has 132 valence electrons. The summed E-state index contributed by atoms with van der Waals surface area (Å²) in [4.78, 5) is 25.6. The Kier molecular flexibility index (Phi) is 7.01. The van der Waals surface area contributed by atoms with E-state index in [0.717, 1.165) is 12.8 Å². The molecular weight excluding hydrogens is 316 g/mol. The zero-order chi connectivity index (χ0) is 18.1. The van der Waals surface area contributed by atoms with E-state index in [4.69, 9.17) is 4.74 Å². The first-order chi connectivity index (χ1) is 12.1. The van der Waals surface area contributed by atoms with Crippen LogP contribution in [0.25, 0.3) is 0 Å². The molecule has 0 bridgehead atoms. The molecule has 2 amide bonds. The quantitative estimate of drug-likeness (QED) is 0.752. The summed E-state index contributed by atoms with van der Waals surface area (Å²) in [5.41, 5.74) is 1.84. The van der Waals surface area contributed by atoms with Gasteiger partial charge in [-0.1, -0.05) is 42.5 Å². The lowest BCUT2D eigenvalue weighted by atomic mass is 10.1. The summed E-state index contributed by atoms with van der Waals surface area (Å²) in [6.07, 6.45) is 1.76. The Hall–Kier alpha value is -2.82. The van der Waals surface area contributed by atoms with Crippen molar-refractivity contribution >= 4 is 17.5 Å². The minimum Gasteiger partial charge on any atom is -0.495 e. The first-order valence-electron chi connectivity index (χ1n) is 8.33. The molecule has 0 aliphatic carbocycles. The summed E-state index contributed by atoms with van der Waals surface area (Å²) in [6, 6.07) is 17.3. The van der Waals surface area contributed by atoms with Gasteiger partial charge in [-0.05, 0) is 30.5 Å². The van der Waals surface area contributed by atoms with Crippen LogP contribution >= 0.6 is 0 Å². The number of benzene rings is 2. The number of anilines is 1. The second-order valence-electron chi connectivity index (χ2n) is 5.72. The molecule has 0 aliphatic heterocycles. The monoisotopic (exact) mass is 340 g/mol. The Labute approximate surface area is 148 Å². The fourth-order valence-electron chi connectivity index (χ4n) is 2.58. The SMILES string of the molecule is COc1ccccc1N(CC(=O)NCCCc1ccccc1)C(C)=O. The number of amides is 2. The highest BCUT2D eigenvalue weighted by Gasteiger charge is 2.18. The normalized spacial score (nSPS) is 10.2. The van der Waals surface area contributed by atoms with Crippen molar-refractivity contribution in [2.45, 2.75) is 19.8 Å². The predicted molar refractivity (Wildman–Crippen MR) is 98.8 cm³/mol. The van der Waals surface area contributed by atoms with E-state index in [2.05, 4.69) is 17.4 Å². The first kappa shape index (κ1) is 18.5. The first-order valence-corrected chi connectivity index (χ1v) is 8.33. The summed E-state index contributed by atoms with van der Waals surface area (Å²) in [5.74, 6) is 0.174. The molecule has 0 fully saturated rings. The molecule has 0 radical (unpaired) electrons. The Morgan fingerprint density at radius 2 is 1.72 bits per heavy atom. The second kappa shape index (κ2) is 9.47. The van der Waals surface area contributed by atoms with Crippen molar-refractivity contribution in [3.8, 4) is 5.75 Å². The Morgan fingerprint density at radius 1 is 1.04 bits per heavy atom. The average molecular weight is 340 g/mol.